The van der Waals surface area contributed by atoms with Crippen LogP contribution in [-0.4, -0.2) is 4.98 Å². The summed E-state index contributed by atoms with van der Waals surface area (Å²) < 4.78 is 27.4. The summed E-state index contributed by atoms with van der Waals surface area (Å²) in [7, 11) is 0. The van der Waals surface area contributed by atoms with Crippen molar-refractivity contribution in [3.63, 3.8) is 0 Å². The molecule has 5 heteroatoms. The number of pyridine rings is 1. The van der Waals surface area contributed by atoms with Crippen LogP contribution in [0, 0.1) is 11.6 Å². The largest absolute Gasteiger partial charge is 0.396 e. The van der Waals surface area contributed by atoms with Gasteiger partial charge < -0.3 is 11.1 Å². The molecule has 0 saturated carbocycles. The molecule has 0 amide bonds. The molecular formula is C16H13F2N3. The van der Waals surface area contributed by atoms with Gasteiger partial charge in [0.05, 0.1) is 23.1 Å². The number of hydrogen-bond donors (Lipinski definition) is 2. The highest BCUT2D eigenvalue weighted by Crippen LogP contribution is 2.21. The molecule has 3 N–H and O–H groups in total. The first-order valence-corrected chi connectivity index (χ1v) is 6.46. The summed E-state index contributed by atoms with van der Waals surface area (Å²) in [6, 6.07) is 11.9. The highest BCUT2D eigenvalue weighted by atomic mass is 19.1. The average molecular weight is 285 g/mol. The Morgan fingerprint density at radius 3 is 2.76 bits per heavy atom. The number of anilines is 2. The summed E-state index contributed by atoms with van der Waals surface area (Å²) in [6.45, 7) is 0.00271. The zero-order valence-corrected chi connectivity index (χ0v) is 11.1. The zero-order chi connectivity index (χ0) is 14.8. The number of fused-ring (bicyclic) bond motifs is 1. The molecule has 3 aromatic rings. The Kier molecular flexibility index (Phi) is 3.39. The molecule has 0 bridgehead atoms. The summed E-state index contributed by atoms with van der Waals surface area (Å²) in [6.07, 6.45) is 1.63. The first kappa shape index (κ1) is 13.3. The normalized spacial score (nSPS) is 10.8. The van der Waals surface area contributed by atoms with Gasteiger partial charge in [0.15, 0.2) is 5.82 Å². The maximum atomic E-state index is 13.8. The fraction of sp³-hybridized carbons (Fsp3) is 0.0625. The second-order valence-electron chi connectivity index (χ2n) is 4.70. The van der Waals surface area contributed by atoms with E-state index in [9.17, 15) is 8.78 Å². The Bertz CT molecular complexity index is 803. The van der Waals surface area contributed by atoms with E-state index in [0.29, 0.717) is 5.69 Å². The van der Waals surface area contributed by atoms with E-state index >= 15 is 0 Å². The van der Waals surface area contributed by atoms with E-state index in [0.717, 1.165) is 17.0 Å². The number of nitrogens with one attached hydrogen (secondary N) is 1. The molecule has 1 heterocycles. The van der Waals surface area contributed by atoms with E-state index in [1.165, 1.54) is 6.07 Å². The fourth-order valence-corrected chi connectivity index (χ4v) is 2.14. The van der Waals surface area contributed by atoms with E-state index in [-0.39, 0.29) is 17.8 Å². The lowest BCUT2D eigenvalue weighted by molar-refractivity contribution is 0.563. The number of para-hydroxylation sites is 1. The maximum Gasteiger partial charge on any atom is 0.153 e. The predicted molar refractivity (Wildman–Crippen MR) is 79.8 cm³/mol. The van der Waals surface area contributed by atoms with Crippen molar-refractivity contribution >= 4 is 22.3 Å². The van der Waals surface area contributed by atoms with Crippen LogP contribution in [0.25, 0.3) is 10.9 Å². The number of nitrogen functional groups attached to an aromatic ring is 1. The molecule has 3 nitrogen and oxygen atoms in total. The molecule has 0 aliphatic carbocycles. The Hall–Kier alpha value is -2.69. The quantitative estimate of drug-likeness (QED) is 0.721. The first-order valence-electron chi connectivity index (χ1n) is 6.46. The molecule has 0 atom stereocenters. The van der Waals surface area contributed by atoms with E-state index in [1.54, 1.807) is 6.20 Å². The smallest absolute Gasteiger partial charge is 0.153 e. The second kappa shape index (κ2) is 5.36. The van der Waals surface area contributed by atoms with Crippen molar-refractivity contribution < 1.29 is 8.78 Å². The lowest BCUT2D eigenvalue weighted by Crippen LogP contribution is -2.07. The van der Waals surface area contributed by atoms with Crippen LogP contribution in [0.4, 0.5) is 20.2 Å². The van der Waals surface area contributed by atoms with Gasteiger partial charge in [-0.05, 0) is 24.3 Å². The van der Waals surface area contributed by atoms with Gasteiger partial charge >= 0.3 is 0 Å². The van der Waals surface area contributed by atoms with Crippen LogP contribution in [0.15, 0.2) is 48.7 Å². The van der Waals surface area contributed by atoms with Gasteiger partial charge in [0, 0.05) is 17.5 Å². The van der Waals surface area contributed by atoms with Gasteiger partial charge in [-0.25, -0.2) is 8.78 Å². The average Bonchev–Trinajstić information content (AvgIpc) is 2.51. The molecule has 0 radical (unpaired) electrons. The van der Waals surface area contributed by atoms with E-state index in [4.69, 9.17) is 5.73 Å². The molecule has 0 saturated heterocycles. The van der Waals surface area contributed by atoms with Crippen LogP contribution in [0.2, 0.25) is 0 Å². The standard InChI is InChI=1S/C16H13F2N3/c17-13-5-6-14(19)16(18)12(13)9-20-11-7-10-3-1-2-4-15(10)21-8-11/h1-8,20H,9,19H2. The van der Waals surface area contributed by atoms with Gasteiger partial charge in [-0.15, -0.1) is 0 Å². The molecule has 0 unspecified atom stereocenters. The van der Waals surface area contributed by atoms with E-state index in [2.05, 4.69) is 10.3 Å². The molecule has 2 aromatic carbocycles. The Morgan fingerprint density at radius 2 is 1.90 bits per heavy atom. The van der Waals surface area contributed by atoms with Gasteiger partial charge in [0.25, 0.3) is 0 Å². The molecule has 0 fully saturated rings. The van der Waals surface area contributed by atoms with Gasteiger partial charge in [0.1, 0.15) is 5.82 Å². The first-order chi connectivity index (χ1) is 10.1. The van der Waals surface area contributed by atoms with Gasteiger partial charge in [-0.1, -0.05) is 18.2 Å². The Morgan fingerprint density at radius 1 is 1.10 bits per heavy atom. The third-order valence-electron chi connectivity index (χ3n) is 3.28. The van der Waals surface area contributed by atoms with Crippen molar-refractivity contribution in [1.29, 1.82) is 0 Å². The third kappa shape index (κ3) is 2.63. The number of nitrogens with zero attached hydrogens (tertiary/aromatic N) is 1. The molecule has 0 aliphatic heterocycles. The maximum absolute atomic E-state index is 13.8. The minimum absolute atomic E-state index is 0.00271. The van der Waals surface area contributed by atoms with Crippen molar-refractivity contribution in [1.82, 2.24) is 4.98 Å². The molecule has 0 aliphatic rings. The highest BCUT2D eigenvalue weighted by Gasteiger charge is 2.11. The molecular weight excluding hydrogens is 272 g/mol. The number of nitrogens with two attached hydrogens (primary N) is 1. The minimum Gasteiger partial charge on any atom is -0.396 e. The predicted octanol–water partition coefficient (Wildman–Crippen LogP) is 3.71. The lowest BCUT2D eigenvalue weighted by atomic mass is 10.1. The van der Waals surface area contributed by atoms with Crippen LogP contribution in [0.5, 0.6) is 0 Å². The van der Waals surface area contributed by atoms with Crippen LogP contribution in [-0.2, 0) is 6.54 Å². The highest BCUT2D eigenvalue weighted by molar-refractivity contribution is 5.81. The third-order valence-corrected chi connectivity index (χ3v) is 3.28. The number of benzene rings is 2. The summed E-state index contributed by atoms with van der Waals surface area (Å²) in [4.78, 5) is 4.28. The second-order valence-corrected chi connectivity index (χ2v) is 4.70. The minimum atomic E-state index is -0.726. The van der Waals surface area contributed by atoms with E-state index in [1.807, 2.05) is 30.3 Å². The fourth-order valence-electron chi connectivity index (χ4n) is 2.14. The zero-order valence-electron chi connectivity index (χ0n) is 11.1. The van der Waals surface area contributed by atoms with Gasteiger partial charge in [-0.3, -0.25) is 4.98 Å². The van der Waals surface area contributed by atoms with Gasteiger partial charge in [0.2, 0.25) is 0 Å². The van der Waals surface area contributed by atoms with Crippen molar-refractivity contribution in [2.24, 2.45) is 0 Å². The number of aromatic nitrogens is 1. The summed E-state index contributed by atoms with van der Waals surface area (Å²) >= 11 is 0. The van der Waals surface area contributed by atoms with Crippen LogP contribution in [0.3, 0.4) is 0 Å². The SMILES string of the molecule is Nc1ccc(F)c(CNc2cnc3ccccc3c2)c1F. The number of rotatable bonds is 3. The van der Waals surface area contributed by atoms with Crippen LogP contribution < -0.4 is 11.1 Å². The van der Waals surface area contributed by atoms with Crippen molar-refractivity contribution in [3.05, 3.63) is 65.9 Å². The Balaban J connectivity index is 1.85. The van der Waals surface area contributed by atoms with Gasteiger partial charge in [-0.2, -0.15) is 0 Å². The molecule has 1 aromatic heterocycles. The lowest BCUT2D eigenvalue weighted by Gasteiger charge is -2.10. The van der Waals surface area contributed by atoms with Crippen molar-refractivity contribution in [2.45, 2.75) is 6.54 Å². The molecule has 3 rings (SSSR count). The molecule has 21 heavy (non-hydrogen) atoms. The van der Waals surface area contributed by atoms with Crippen LogP contribution in [0.1, 0.15) is 5.56 Å². The summed E-state index contributed by atoms with van der Waals surface area (Å²) in [5, 5.41) is 3.92. The summed E-state index contributed by atoms with van der Waals surface area (Å²) in [5.41, 5.74) is 6.86. The molecule has 0 spiro atoms. The van der Waals surface area contributed by atoms with Crippen molar-refractivity contribution in [3.8, 4) is 0 Å². The number of hydrogen-bond acceptors (Lipinski definition) is 3. The van der Waals surface area contributed by atoms with E-state index < -0.39 is 11.6 Å². The number of halogens is 2. The monoisotopic (exact) mass is 285 g/mol. The summed E-state index contributed by atoms with van der Waals surface area (Å²) in [5.74, 6) is -1.35. The molecule has 106 valence electrons. The van der Waals surface area contributed by atoms with Crippen molar-refractivity contribution in [2.75, 3.05) is 11.1 Å². The van der Waals surface area contributed by atoms with Crippen LogP contribution >= 0.6 is 0 Å². The topological polar surface area (TPSA) is 50.9 Å². The Labute approximate surface area is 120 Å².